The second kappa shape index (κ2) is 7.49. The van der Waals surface area contributed by atoms with E-state index in [9.17, 15) is 0 Å². The molecule has 0 aromatic heterocycles. The Bertz CT molecular complexity index is 426. The van der Waals surface area contributed by atoms with Crippen molar-refractivity contribution in [2.75, 3.05) is 13.2 Å². The highest BCUT2D eigenvalue weighted by Crippen LogP contribution is 2.34. The molecule has 1 N–H and O–H groups in total. The minimum atomic E-state index is 0.292. The van der Waals surface area contributed by atoms with Gasteiger partial charge in [0.15, 0.2) is 0 Å². The van der Waals surface area contributed by atoms with Crippen molar-refractivity contribution >= 4 is 0 Å². The van der Waals surface area contributed by atoms with Gasteiger partial charge in [-0.15, -0.1) is 0 Å². The SMILES string of the molecule is CCNC(C1=CCCO1)C(c1ccccc1)C(C)CC. The molecule has 0 radical (unpaired) electrons. The van der Waals surface area contributed by atoms with Gasteiger partial charge in [0.1, 0.15) is 5.76 Å². The average Bonchev–Trinajstić information content (AvgIpc) is 3.01. The molecule has 0 amide bonds. The molecule has 1 aliphatic rings. The lowest BCUT2D eigenvalue weighted by molar-refractivity contribution is 0.194. The topological polar surface area (TPSA) is 21.3 Å². The largest absolute Gasteiger partial charge is 0.496 e. The maximum atomic E-state index is 5.86. The molecular weight excluding hydrogens is 246 g/mol. The van der Waals surface area contributed by atoms with E-state index < -0.39 is 0 Å². The third kappa shape index (κ3) is 3.43. The standard InChI is InChI=1S/C18H27NO/c1-4-14(3)17(15-10-7-6-8-11-15)18(19-5-2)16-12-9-13-20-16/h6-8,10-12,14,17-19H,4-5,9,13H2,1-3H3. The lowest BCUT2D eigenvalue weighted by Crippen LogP contribution is -2.39. The summed E-state index contributed by atoms with van der Waals surface area (Å²) in [7, 11) is 0. The van der Waals surface area contributed by atoms with Crippen molar-refractivity contribution in [3.8, 4) is 0 Å². The van der Waals surface area contributed by atoms with Crippen LogP contribution in [0, 0.1) is 5.92 Å². The molecular formula is C18H27NO. The van der Waals surface area contributed by atoms with Crippen LogP contribution in [0.4, 0.5) is 0 Å². The summed E-state index contributed by atoms with van der Waals surface area (Å²) >= 11 is 0. The number of hydrogen-bond donors (Lipinski definition) is 1. The molecule has 0 saturated carbocycles. The van der Waals surface area contributed by atoms with E-state index >= 15 is 0 Å². The summed E-state index contributed by atoms with van der Waals surface area (Å²) in [4.78, 5) is 0. The van der Waals surface area contributed by atoms with Crippen molar-refractivity contribution in [1.29, 1.82) is 0 Å². The third-order valence-corrected chi connectivity index (χ3v) is 4.26. The molecule has 110 valence electrons. The highest BCUT2D eigenvalue weighted by molar-refractivity contribution is 5.26. The van der Waals surface area contributed by atoms with Crippen molar-refractivity contribution in [1.82, 2.24) is 5.32 Å². The molecule has 1 aromatic rings. The summed E-state index contributed by atoms with van der Waals surface area (Å²) in [6, 6.07) is 11.1. The van der Waals surface area contributed by atoms with Crippen molar-refractivity contribution in [2.45, 2.75) is 45.6 Å². The third-order valence-electron chi connectivity index (χ3n) is 4.26. The van der Waals surface area contributed by atoms with Gasteiger partial charge in [0.25, 0.3) is 0 Å². The van der Waals surface area contributed by atoms with E-state index in [0.29, 0.717) is 17.9 Å². The molecule has 20 heavy (non-hydrogen) atoms. The van der Waals surface area contributed by atoms with E-state index in [1.54, 1.807) is 0 Å². The Morgan fingerprint density at radius 1 is 1.20 bits per heavy atom. The van der Waals surface area contributed by atoms with Crippen LogP contribution in [-0.2, 0) is 4.74 Å². The molecule has 0 saturated heterocycles. The van der Waals surface area contributed by atoms with E-state index in [1.807, 2.05) is 0 Å². The van der Waals surface area contributed by atoms with Crippen molar-refractivity contribution < 1.29 is 4.74 Å². The number of likely N-dealkylation sites (N-methyl/N-ethyl adjacent to an activating group) is 1. The van der Waals surface area contributed by atoms with Crippen LogP contribution in [0.15, 0.2) is 42.2 Å². The van der Waals surface area contributed by atoms with Crippen LogP contribution in [0.5, 0.6) is 0 Å². The molecule has 0 spiro atoms. The Morgan fingerprint density at radius 3 is 2.50 bits per heavy atom. The normalized spacial score (nSPS) is 19.1. The average molecular weight is 273 g/mol. The van der Waals surface area contributed by atoms with Gasteiger partial charge in [-0.3, -0.25) is 0 Å². The van der Waals surface area contributed by atoms with Gasteiger partial charge < -0.3 is 10.1 Å². The molecule has 1 aromatic carbocycles. The summed E-state index contributed by atoms with van der Waals surface area (Å²) in [5, 5.41) is 3.65. The highest BCUT2D eigenvalue weighted by Gasteiger charge is 2.31. The second-order valence-electron chi connectivity index (χ2n) is 5.60. The highest BCUT2D eigenvalue weighted by atomic mass is 16.5. The fourth-order valence-electron chi connectivity index (χ4n) is 3.06. The van der Waals surface area contributed by atoms with Gasteiger partial charge in [-0.1, -0.05) is 57.5 Å². The molecule has 0 aliphatic carbocycles. The molecule has 1 heterocycles. The molecule has 2 rings (SSSR count). The zero-order chi connectivity index (χ0) is 14.4. The lowest BCUT2D eigenvalue weighted by atomic mass is 9.79. The molecule has 3 unspecified atom stereocenters. The first-order valence-corrected chi connectivity index (χ1v) is 7.89. The van der Waals surface area contributed by atoms with Crippen LogP contribution in [-0.4, -0.2) is 19.2 Å². The number of ether oxygens (including phenoxy) is 1. The number of nitrogens with one attached hydrogen (secondary N) is 1. The van der Waals surface area contributed by atoms with E-state index in [2.05, 4.69) is 62.5 Å². The zero-order valence-electron chi connectivity index (χ0n) is 12.9. The van der Waals surface area contributed by atoms with Crippen LogP contribution in [0.1, 0.15) is 45.1 Å². The molecule has 0 bridgehead atoms. The van der Waals surface area contributed by atoms with E-state index in [-0.39, 0.29) is 0 Å². The van der Waals surface area contributed by atoms with Gasteiger partial charge in [-0.2, -0.15) is 0 Å². The monoisotopic (exact) mass is 273 g/mol. The Hall–Kier alpha value is -1.28. The maximum Gasteiger partial charge on any atom is 0.110 e. The van der Waals surface area contributed by atoms with Gasteiger partial charge in [-0.25, -0.2) is 0 Å². The summed E-state index contributed by atoms with van der Waals surface area (Å²) in [6.07, 6.45) is 4.47. The summed E-state index contributed by atoms with van der Waals surface area (Å²) in [6.45, 7) is 8.58. The Labute approximate surface area is 123 Å². The van der Waals surface area contributed by atoms with E-state index in [1.165, 1.54) is 12.0 Å². The molecule has 3 atom stereocenters. The number of rotatable bonds is 7. The first-order chi connectivity index (χ1) is 9.77. The molecule has 2 nitrogen and oxygen atoms in total. The van der Waals surface area contributed by atoms with Crippen molar-refractivity contribution in [3.05, 3.63) is 47.7 Å². The molecule has 2 heteroatoms. The number of hydrogen-bond acceptors (Lipinski definition) is 2. The summed E-state index contributed by atoms with van der Waals surface area (Å²) in [5.74, 6) is 2.22. The number of benzene rings is 1. The van der Waals surface area contributed by atoms with E-state index in [4.69, 9.17) is 4.74 Å². The van der Waals surface area contributed by atoms with Crippen LogP contribution in [0.3, 0.4) is 0 Å². The van der Waals surface area contributed by atoms with Crippen LogP contribution in [0.2, 0.25) is 0 Å². The quantitative estimate of drug-likeness (QED) is 0.807. The Kier molecular flexibility index (Phi) is 5.66. The summed E-state index contributed by atoms with van der Waals surface area (Å²) in [5.41, 5.74) is 1.41. The van der Waals surface area contributed by atoms with Gasteiger partial charge in [0, 0.05) is 12.3 Å². The maximum absolute atomic E-state index is 5.86. The molecule has 0 fully saturated rings. The minimum absolute atomic E-state index is 0.292. The molecule has 1 aliphatic heterocycles. The van der Waals surface area contributed by atoms with Crippen LogP contribution >= 0.6 is 0 Å². The predicted molar refractivity (Wildman–Crippen MR) is 84.8 cm³/mol. The lowest BCUT2D eigenvalue weighted by Gasteiger charge is -2.33. The van der Waals surface area contributed by atoms with Crippen LogP contribution in [0.25, 0.3) is 0 Å². The summed E-state index contributed by atoms with van der Waals surface area (Å²) < 4.78 is 5.86. The minimum Gasteiger partial charge on any atom is -0.496 e. The Morgan fingerprint density at radius 2 is 1.95 bits per heavy atom. The van der Waals surface area contributed by atoms with Crippen LogP contribution < -0.4 is 5.32 Å². The van der Waals surface area contributed by atoms with Gasteiger partial charge in [0.05, 0.1) is 12.6 Å². The van der Waals surface area contributed by atoms with Gasteiger partial charge in [-0.05, 0) is 24.1 Å². The second-order valence-corrected chi connectivity index (χ2v) is 5.60. The van der Waals surface area contributed by atoms with Gasteiger partial charge >= 0.3 is 0 Å². The predicted octanol–water partition coefficient (Wildman–Crippen LogP) is 4.10. The first kappa shape index (κ1) is 15.1. The smallest absolute Gasteiger partial charge is 0.110 e. The Balaban J connectivity index is 2.31. The van der Waals surface area contributed by atoms with Gasteiger partial charge in [0.2, 0.25) is 0 Å². The first-order valence-electron chi connectivity index (χ1n) is 7.89. The fourth-order valence-corrected chi connectivity index (χ4v) is 3.06. The van der Waals surface area contributed by atoms with E-state index in [0.717, 1.165) is 25.3 Å². The van der Waals surface area contributed by atoms with Crippen molar-refractivity contribution in [2.24, 2.45) is 5.92 Å². The van der Waals surface area contributed by atoms with Crippen molar-refractivity contribution in [3.63, 3.8) is 0 Å². The fraction of sp³-hybridized carbons (Fsp3) is 0.556. The zero-order valence-corrected chi connectivity index (χ0v) is 12.9.